The molecule has 0 aromatic rings. The standard InChI is InChI=1S/C10H22BNO2/c1-8(2)7-10(12,9(13)14)5-3-4-6-11/h8H,3-7,11-12H2,1-2H3,(H,13,14). The van der Waals surface area contributed by atoms with E-state index < -0.39 is 11.5 Å². The number of carbonyl (C=O) groups is 1. The Labute approximate surface area is 87.5 Å². The molecule has 14 heavy (non-hydrogen) atoms. The maximum absolute atomic E-state index is 11.0. The highest BCUT2D eigenvalue weighted by molar-refractivity contribution is 6.08. The molecule has 0 aromatic carbocycles. The van der Waals surface area contributed by atoms with Crippen molar-refractivity contribution < 1.29 is 9.90 Å². The minimum atomic E-state index is -1.01. The summed E-state index contributed by atoms with van der Waals surface area (Å²) in [5.74, 6) is -0.528. The Morgan fingerprint density at radius 1 is 1.50 bits per heavy atom. The summed E-state index contributed by atoms with van der Waals surface area (Å²) in [7, 11) is 2.10. The SMILES string of the molecule is BCCCCC(N)(CC(C)C)C(=O)O. The van der Waals surface area contributed by atoms with Crippen LogP contribution in [0.3, 0.4) is 0 Å². The van der Waals surface area contributed by atoms with E-state index in [0.29, 0.717) is 18.8 Å². The zero-order valence-corrected chi connectivity index (χ0v) is 9.55. The van der Waals surface area contributed by atoms with Crippen molar-refractivity contribution in [3.05, 3.63) is 0 Å². The van der Waals surface area contributed by atoms with Crippen LogP contribution < -0.4 is 5.73 Å². The van der Waals surface area contributed by atoms with E-state index in [0.717, 1.165) is 19.2 Å². The van der Waals surface area contributed by atoms with Gasteiger partial charge in [-0.3, -0.25) is 4.79 Å². The highest BCUT2D eigenvalue weighted by atomic mass is 16.4. The van der Waals surface area contributed by atoms with Gasteiger partial charge in [0.15, 0.2) is 0 Å². The lowest BCUT2D eigenvalue weighted by molar-refractivity contribution is -0.144. The number of hydrogen-bond acceptors (Lipinski definition) is 2. The molecule has 0 heterocycles. The molecular formula is C10H22BNO2. The fourth-order valence-electron chi connectivity index (χ4n) is 1.72. The van der Waals surface area contributed by atoms with E-state index in [1.807, 2.05) is 13.8 Å². The van der Waals surface area contributed by atoms with Crippen molar-refractivity contribution in [2.24, 2.45) is 11.7 Å². The Kier molecular flexibility index (Phi) is 5.85. The molecule has 82 valence electrons. The van der Waals surface area contributed by atoms with Crippen LogP contribution in [0.2, 0.25) is 6.32 Å². The van der Waals surface area contributed by atoms with Crippen molar-refractivity contribution in [1.29, 1.82) is 0 Å². The van der Waals surface area contributed by atoms with E-state index in [1.54, 1.807) is 0 Å². The summed E-state index contributed by atoms with van der Waals surface area (Å²) >= 11 is 0. The first-order valence-corrected chi connectivity index (χ1v) is 5.44. The smallest absolute Gasteiger partial charge is 0.323 e. The van der Waals surface area contributed by atoms with Gasteiger partial charge in [0.1, 0.15) is 13.4 Å². The molecule has 0 rings (SSSR count). The van der Waals surface area contributed by atoms with E-state index in [1.165, 1.54) is 0 Å². The molecule has 0 aromatic heterocycles. The fourth-order valence-corrected chi connectivity index (χ4v) is 1.72. The van der Waals surface area contributed by atoms with Gasteiger partial charge in [0, 0.05) is 0 Å². The second-order valence-electron chi connectivity index (χ2n) is 4.52. The maximum atomic E-state index is 11.0. The number of aliphatic carboxylic acids is 1. The van der Waals surface area contributed by atoms with Crippen LogP contribution in [0.1, 0.15) is 39.5 Å². The van der Waals surface area contributed by atoms with E-state index >= 15 is 0 Å². The predicted octanol–water partition coefficient (Wildman–Crippen LogP) is 1.04. The van der Waals surface area contributed by atoms with Crippen molar-refractivity contribution >= 4 is 13.8 Å². The average molecular weight is 199 g/mol. The molecule has 3 nitrogen and oxygen atoms in total. The molecule has 0 spiro atoms. The number of carboxylic acid groups (broad SMARTS) is 1. The first kappa shape index (κ1) is 13.5. The third-order valence-corrected chi connectivity index (χ3v) is 2.42. The Balaban J connectivity index is 4.17. The molecule has 0 bridgehead atoms. The normalized spacial score (nSPS) is 15.4. The van der Waals surface area contributed by atoms with E-state index in [-0.39, 0.29) is 0 Å². The summed E-state index contributed by atoms with van der Waals surface area (Å²) in [5.41, 5.74) is 4.87. The minimum absolute atomic E-state index is 0.331. The first-order chi connectivity index (χ1) is 6.42. The van der Waals surface area contributed by atoms with Crippen LogP contribution in [0.4, 0.5) is 0 Å². The van der Waals surface area contributed by atoms with Gasteiger partial charge in [-0.1, -0.05) is 33.0 Å². The van der Waals surface area contributed by atoms with Gasteiger partial charge >= 0.3 is 5.97 Å². The summed E-state index contributed by atoms with van der Waals surface area (Å²) in [4.78, 5) is 11.0. The highest BCUT2D eigenvalue weighted by Gasteiger charge is 2.33. The number of hydrogen-bond donors (Lipinski definition) is 2. The van der Waals surface area contributed by atoms with Crippen LogP contribution in [0.5, 0.6) is 0 Å². The molecule has 1 atom stereocenters. The zero-order valence-electron chi connectivity index (χ0n) is 9.55. The van der Waals surface area contributed by atoms with Crippen molar-refractivity contribution in [2.45, 2.75) is 51.4 Å². The predicted molar refractivity (Wildman–Crippen MR) is 61.2 cm³/mol. The summed E-state index contributed by atoms with van der Waals surface area (Å²) in [6.45, 7) is 4.01. The largest absolute Gasteiger partial charge is 0.480 e. The van der Waals surface area contributed by atoms with Crippen molar-refractivity contribution in [3.63, 3.8) is 0 Å². The zero-order chi connectivity index (χ0) is 11.2. The second-order valence-corrected chi connectivity index (χ2v) is 4.52. The summed E-state index contributed by atoms with van der Waals surface area (Å²) < 4.78 is 0. The van der Waals surface area contributed by atoms with Gasteiger partial charge in [-0.05, 0) is 18.8 Å². The Morgan fingerprint density at radius 2 is 2.07 bits per heavy atom. The summed E-state index contributed by atoms with van der Waals surface area (Å²) in [6, 6.07) is 0. The van der Waals surface area contributed by atoms with Gasteiger partial charge in [0.05, 0.1) is 0 Å². The second kappa shape index (κ2) is 6.07. The molecule has 0 amide bonds. The van der Waals surface area contributed by atoms with Gasteiger partial charge in [-0.25, -0.2) is 0 Å². The quantitative estimate of drug-likeness (QED) is 0.475. The van der Waals surface area contributed by atoms with Crippen LogP contribution in [0, 0.1) is 5.92 Å². The average Bonchev–Trinajstić information content (AvgIpc) is 2.03. The lowest BCUT2D eigenvalue weighted by Crippen LogP contribution is -2.48. The Hall–Kier alpha value is -0.505. The third kappa shape index (κ3) is 4.65. The Bertz CT molecular complexity index is 185. The number of carboxylic acids is 1. The summed E-state index contributed by atoms with van der Waals surface area (Å²) in [6.07, 6.45) is 4.22. The van der Waals surface area contributed by atoms with E-state index in [4.69, 9.17) is 10.8 Å². The topological polar surface area (TPSA) is 63.3 Å². The third-order valence-electron chi connectivity index (χ3n) is 2.42. The van der Waals surface area contributed by atoms with Crippen LogP contribution in [0.15, 0.2) is 0 Å². The highest BCUT2D eigenvalue weighted by Crippen LogP contribution is 2.21. The molecule has 0 saturated carbocycles. The minimum Gasteiger partial charge on any atom is -0.480 e. The Morgan fingerprint density at radius 3 is 2.43 bits per heavy atom. The molecule has 0 aliphatic heterocycles. The maximum Gasteiger partial charge on any atom is 0.323 e. The van der Waals surface area contributed by atoms with Crippen LogP contribution in [-0.4, -0.2) is 24.5 Å². The molecule has 0 radical (unpaired) electrons. The molecule has 3 N–H and O–H groups in total. The van der Waals surface area contributed by atoms with Gasteiger partial charge in [0.25, 0.3) is 0 Å². The monoisotopic (exact) mass is 199 g/mol. The number of unbranched alkanes of at least 4 members (excludes halogenated alkanes) is 1. The van der Waals surface area contributed by atoms with Gasteiger partial charge in [-0.15, -0.1) is 0 Å². The molecule has 0 aliphatic carbocycles. The molecular weight excluding hydrogens is 177 g/mol. The molecule has 0 fully saturated rings. The van der Waals surface area contributed by atoms with Crippen LogP contribution >= 0.6 is 0 Å². The van der Waals surface area contributed by atoms with Gasteiger partial charge < -0.3 is 10.8 Å². The van der Waals surface area contributed by atoms with Crippen LogP contribution in [-0.2, 0) is 4.79 Å². The van der Waals surface area contributed by atoms with E-state index in [9.17, 15) is 4.79 Å². The first-order valence-electron chi connectivity index (χ1n) is 5.44. The van der Waals surface area contributed by atoms with Crippen molar-refractivity contribution in [1.82, 2.24) is 0 Å². The molecule has 0 saturated heterocycles. The van der Waals surface area contributed by atoms with E-state index in [2.05, 4.69) is 7.85 Å². The van der Waals surface area contributed by atoms with Gasteiger partial charge in [-0.2, -0.15) is 0 Å². The molecule has 0 aliphatic rings. The lowest BCUT2D eigenvalue weighted by atomic mass is 9.84. The van der Waals surface area contributed by atoms with Crippen molar-refractivity contribution in [3.8, 4) is 0 Å². The fraction of sp³-hybridized carbons (Fsp3) is 0.900. The number of rotatable bonds is 7. The van der Waals surface area contributed by atoms with Crippen molar-refractivity contribution in [2.75, 3.05) is 0 Å². The van der Waals surface area contributed by atoms with Crippen LogP contribution in [0.25, 0.3) is 0 Å². The molecule has 4 heteroatoms. The number of nitrogens with two attached hydrogens (primary N) is 1. The molecule has 1 unspecified atom stereocenters. The lowest BCUT2D eigenvalue weighted by Gasteiger charge is -2.26. The van der Waals surface area contributed by atoms with Gasteiger partial charge in [0.2, 0.25) is 0 Å². The summed E-state index contributed by atoms with van der Waals surface area (Å²) in [5, 5.41) is 9.06.